The van der Waals surface area contributed by atoms with Crippen molar-refractivity contribution in [1.29, 1.82) is 0 Å². The van der Waals surface area contributed by atoms with Gasteiger partial charge in [-0.15, -0.1) is 0 Å². The molecule has 0 saturated carbocycles. The molecule has 0 fully saturated rings. The van der Waals surface area contributed by atoms with Crippen molar-refractivity contribution in [2.24, 2.45) is 0 Å². The van der Waals surface area contributed by atoms with E-state index in [1.165, 1.54) is 6.33 Å². The van der Waals surface area contributed by atoms with Gasteiger partial charge in [0.2, 0.25) is 0 Å². The molecular formula is C34H33ClN6O3. The number of benzene rings is 3. The van der Waals surface area contributed by atoms with E-state index >= 15 is 0 Å². The van der Waals surface area contributed by atoms with Crippen molar-refractivity contribution in [3.8, 4) is 11.4 Å². The van der Waals surface area contributed by atoms with Crippen LogP contribution >= 0.6 is 11.6 Å². The molecule has 3 aromatic carbocycles. The SMILES string of the molecule is CCCN1CN(Cc2ccc(OC)cc2)c2ncnc(N[C@@H](C)c3cc4cccc(Cl)c4c(=O)n3-c3ccccc3)c2C1=O. The van der Waals surface area contributed by atoms with Crippen LogP contribution in [0.15, 0.2) is 90.0 Å². The van der Waals surface area contributed by atoms with Crippen molar-refractivity contribution in [2.45, 2.75) is 32.9 Å². The first-order valence-corrected chi connectivity index (χ1v) is 15.0. The molecule has 1 N–H and O–H groups in total. The fraction of sp³-hybridized carbons (Fsp3) is 0.235. The molecule has 0 spiro atoms. The third kappa shape index (κ3) is 5.46. The van der Waals surface area contributed by atoms with Crippen LogP contribution < -0.4 is 20.5 Å². The van der Waals surface area contributed by atoms with Crippen molar-refractivity contribution in [2.75, 3.05) is 30.5 Å². The van der Waals surface area contributed by atoms with Gasteiger partial charge < -0.3 is 19.9 Å². The highest BCUT2D eigenvalue weighted by Crippen LogP contribution is 2.34. The number of methoxy groups -OCH3 is 1. The summed E-state index contributed by atoms with van der Waals surface area (Å²) in [5, 5.41) is 5.04. The minimum Gasteiger partial charge on any atom is -0.497 e. The summed E-state index contributed by atoms with van der Waals surface area (Å²) in [6.45, 7) is 5.56. The maximum absolute atomic E-state index is 13.9. The van der Waals surface area contributed by atoms with Crippen molar-refractivity contribution in [3.05, 3.63) is 117 Å². The predicted molar refractivity (Wildman–Crippen MR) is 174 cm³/mol. The summed E-state index contributed by atoms with van der Waals surface area (Å²) < 4.78 is 6.99. The van der Waals surface area contributed by atoms with E-state index < -0.39 is 6.04 Å². The molecule has 1 atom stereocenters. The van der Waals surface area contributed by atoms with E-state index in [1.54, 1.807) is 17.7 Å². The number of carbonyl (C=O) groups is 1. The smallest absolute Gasteiger partial charge is 0.264 e. The lowest BCUT2D eigenvalue weighted by Crippen LogP contribution is -2.47. The van der Waals surface area contributed by atoms with E-state index in [0.29, 0.717) is 58.7 Å². The number of ether oxygens (including phenoxy) is 1. The van der Waals surface area contributed by atoms with E-state index in [9.17, 15) is 9.59 Å². The van der Waals surface area contributed by atoms with Crippen molar-refractivity contribution >= 4 is 39.9 Å². The molecule has 0 unspecified atom stereocenters. The first kappa shape index (κ1) is 29.2. The lowest BCUT2D eigenvalue weighted by atomic mass is 10.1. The molecule has 10 heteroatoms. The Balaban J connectivity index is 1.42. The Bertz CT molecular complexity index is 1880. The second-order valence-corrected chi connectivity index (χ2v) is 11.2. The van der Waals surface area contributed by atoms with Crippen LogP contribution in [-0.4, -0.2) is 45.7 Å². The Morgan fingerprint density at radius 1 is 0.977 bits per heavy atom. The third-order valence-electron chi connectivity index (χ3n) is 7.83. The van der Waals surface area contributed by atoms with Crippen LogP contribution in [0.2, 0.25) is 5.02 Å². The maximum Gasteiger partial charge on any atom is 0.264 e. The summed E-state index contributed by atoms with van der Waals surface area (Å²) >= 11 is 6.51. The largest absolute Gasteiger partial charge is 0.497 e. The number of halogens is 1. The predicted octanol–water partition coefficient (Wildman–Crippen LogP) is 6.45. The molecule has 3 heterocycles. The molecule has 0 aliphatic carbocycles. The Morgan fingerprint density at radius 2 is 1.75 bits per heavy atom. The number of pyridine rings is 1. The van der Waals surface area contributed by atoms with Crippen LogP contribution in [-0.2, 0) is 6.54 Å². The van der Waals surface area contributed by atoms with Gasteiger partial charge in [0.25, 0.3) is 11.5 Å². The van der Waals surface area contributed by atoms with E-state index in [0.717, 1.165) is 23.1 Å². The number of carbonyl (C=O) groups excluding carboxylic acids is 1. The van der Waals surface area contributed by atoms with Gasteiger partial charge >= 0.3 is 0 Å². The van der Waals surface area contributed by atoms with Crippen LogP contribution in [0.5, 0.6) is 5.75 Å². The first-order chi connectivity index (χ1) is 21.4. The molecule has 5 aromatic rings. The molecule has 224 valence electrons. The zero-order chi connectivity index (χ0) is 30.8. The number of nitrogens with zero attached hydrogens (tertiary/aromatic N) is 5. The summed E-state index contributed by atoms with van der Waals surface area (Å²) in [4.78, 5) is 40.8. The molecule has 0 saturated heterocycles. The van der Waals surface area contributed by atoms with Gasteiger partial charge in [0.1, 0.15) is 29.3 Å². The zero-order valence-corrected chi connectivity index (χ0v) is 25.6. The van der Waals surface area contributed by atoms with Crippen molar-refractivity contribution in [1.82, 2.24) is 19.4 Å². The van der Waals surface area contributed by atoms with Crippen LogP contribution in [0.1, 0.15) is 47.9 Å². The van der Waals surface area contributed by atoms with Gasteiger partial charge in [-0.2, -0.15) is 0 Å². The number of rotatable bonds is 9. The Morgan fingerprint density at radius 3 is 2.48 bits per heavy atom. The fourth-order valence-corrected chi connectivity index (χ4v) is 5.98. The average Bonchev–Trinajstić information content (AvgIpc) is 3.04. The molecule has 44 heavy (non-hydrogen) atoms. The van der Waals surface area contributed by atoms with Gasteiger partial charge in [-0.25, -0.2) is 9.97 Å². The fourth-order valence-electron chi connectivity index (χ4n) is 5.72. The maximum atomic E-state index is 13.9. The highest BCUT2D eigenvalue weighted by atomic mass is 35.5. The number of fused-ring (bicyclic) bond motifs is 2. The quantitative estimate of drug-likeness (QED) is 0.206. The topological polar surface area (TPSA) is 92.6 Å². The van der Waals surface area contributed by atoms with Gasteiger partial charge in [-0.3, -0.25) is 14.2 Å². The number of para-hydroxylation sites is 1. The summed E-state index contributed by atoms with van der Waals surface area (Å²) in [6, 6.07) is 24.3. The Kier molecular flexibility index (Phi) is 8.21. The number of aromatic nitrogens is 3. The molecule has 1 aliphatic rings. The first-order valence-electron chi connectivity index (χ1n) is 14.6. The van der Waals surface area contributed by atoms with Gasteiger partial charge in [0.05, 0.1) is 30.2 Å². The zero-order valence-electron chi connectivity index (χ0n) is 24.8. The van der Waals surface area contributed by atoms with Gasteiger partial charge in [0, 0.05) is 24.5 Å². The summed E-state index contributed by atoms with van der Waals surface area (Å²) in [7, 11) is 1.64. The summed E-state index contributed by atoms with van der Waals surface area (Å²) in [6.07, 6.45) is 2.29. The van der Waals surface area contributed by atoms with Crippen LogP contribution in [0, 0.1) is 0 Å². The lowest BCUT2D eigenvalue weighted by molar-refractivity contribution is 0.0739. The number of amides is 1. The number of hydrogen-bond donors (Lipinski definition) is 1. The Hall–Kier alpha value is -4.89. The summed E-state index contributed by atoms with van der Waals surface area (Å²) in [5.74, 6) is 1.62. The normalized spacial score (nSPS) is 13.6. The monoisotopic (exact) mass is 608 g/mol. The minimum atomic E-state index is -0.422. The molecule has 1 amide bonds. The number of nitrogens with one attached hydrogen (secondary N) is 1. The molecule has 1 aliphatic heterocycles. The highest BCUT2D eigenvalue weighted by molar-refractivity contribution is 6.35. The number of anilines is 2. The molecule has 0 radical (unpaired) electrons. The highest BCUT2D eigenvalue weighted by Gasteiger charge is 2.34. The second-order valence-electron chi connectivity index (χ2n) is 10.8. The lowest BCUT2D eigenvalue weighted by Gasteiger charge is -2.37. The minimum absolute atomic E-state index is 0.131. The van der Waals surface area contributed by atoms with E-state index in [2.05, 4.69) is 20.2 Å². The van der Waals surface area contributed by atoms with Crippen LogP contribution in [0.25, 0.3) is 16.5 Å². The second kappa shape index (κ2) is 12.4. The van der Waals surface area contributed by atoms with Crippen molar-refractivity contribution < 1.29 is 9.53 Å². The Labute approximate surface area is 260 Å². The molecule has 2 aromatic heterocycles. The molecule has 0 bridgehead atoms. The van der Waals surface area contributed by atoms with Gasteiger partial charge in [-0.1, -0.05) is 61.0 Å². The molecular weight excluding hydrogens is 576 g/mol. The molecule has 9 nitrogen and oxygen atoms in total. The molecule has 6 rings (SSSR count). The third-order valence-corrected chi connectivity index (χ3v) is 8.15. The van der Waals surface area contributed by atoms with Crippen LogP contribution in [0.3, 0.4) is 0 Å². The van der Waals surface area contributed by atoms with Gasteiger partial charge in [-0.05, 0) is 60.7 Å². The van der Waals surface area contributed by atoms with Crippen LogP contribution in [0.4, 0.5) is 11.6 Å². The van der Waals surface area contributed by atoms with E-state index in [-0.39, 0.29) is 11.5 Å². The van der Waals surface area contributed by atoms with E-state index in [4.69, 9.17) is 16.3 Å². The van der Waals surface area contributed by atoms with Crippen molar-refractivity contribution in [3.63, 3.8) is 0 Å². The standard InChI is InChI=1S/C34H33ClN6O3/c1-4-17-39-21-40(19-23-13-15-26(44-3)16-14-23)32-30(33(39)42)31(36-20-37-32)38-22(2)28-18-24-9-8-12-27(35)29(24)34(43)41(28)25-10-6-5-7-11-25/h5-16,18,20,22H,4,17,19,21H2,1-3H3,(H,36,37,38)/t22-/m0/s1. The van der Waals surface area contributed by atoms with E-state index in [1.807, 2.05) is 91.5 Å². The van der Waals surface area contributed by atoms with Gasteiger partial charge in [0.15, 0.2) is 0 Å². The number of hydrogen-bond acceptors (Lipinski definition) is 7. The average molecular weight is 609 g/mol. The summed E-state index contributed by atoms with van der Waals surface area (Å²) in [5.41, 5.74) is 2.66.